The van der Waals surface area contributed by atoms with Crippen LogP contribution in [0.15, 0.2) is 39.5 Å². The van der Waals surface area contributed by atoms with Crippen LogP contribution in [0, 0.1) is 0 Å². The SMILES string of the molecule is CC(=O)Oc1cc2oc(=O)c(-c3ccc(CC(=O)ON4C(=O)CCC4O)s3)cc2cc1Cl. The molecule has 1 N–H and O–H groups in total. The van der Waals surface area contributed by atoms with Gasteiger partial charge in [0.2, 0.25) is 0 Å². The summed E-state index contributed by atoms with van der Waals surface area (Å²) in [6, 6.07) is 7.80. The lowest BCUT2D eigenvalue weighted by atomic mass is 10.1. The number of carbonyl (C=O) groups is 3. The molecule has 4 rings (SSSR count). The number of rotatable bonds is 5. The van der Waals surface area contributed by atoms with E-state index < -0.39 is 29.7 Å². The maximum absolute atomic E-state index is 12.5. The number of esters is 1. The number of hydrogen-bond donors (Lipinski definition) is 1. The fourth-order valence-electron chi connectivity index (χ4n) is 3.19. The molecule has 1 saturated heterocycles. The van der Waals surface area contributed by atoms with Crippen molar-refractivity contribution >= 4 is 51.8 Å². The Morgan fingerprint density at radius 2 is 2.06 bits per heavy atom. The van der Waals surface area contributed by atoms with Gasteiger partial charge in [0.05, 0.1) is 17.0 Å². The van der Waals surface area contributed by atoms with E-state index in [9.17, 15) is 24.3 Å². The molecular weight excluding hydrogens is 462 g/mol. The van der Waals surface area contributed by atoms with E-state index in [2.05, 4.69) is 0 Å². The zero-order valence-corrected chi connectivity index (χ0v) is 18.2. The number of thiophene rings is 1. The predicted octanol–water partition coefficient (Wildman–Crippen LogP) is 3.04. The number of carbonyl (C=O) groups excluding carboxylic acids is 3. The van der Waals surface area contributed by atoms with Gasteiger partial charge in [0.15, 0.2) is 12.0 Å². The van der Waals surface area contributed by atoms with Crippen LogP contribution < -0.4 is 10.4 Å². The highest BCUT2D eigenvalue weighted by Gasteiger charge is 2.33. The van der Waals surface area contributed by atoms with Gasteiger partial charge in [0.1, 0.15) is 5.58 Å². The van der Waals surface area contributed by atoms with Crippen LogP contribution in [0.5, 0.6) is 5.75 Å². The van der Waals surface area contributed by atoms with Gasteiger partial charge in [0.25, 0.3) is 5.91 Å². The third kappa shape index (κ3) is 4.52. The molecule has 1 aliphatic heterocycles. The van der Waals surface area contributed by atoms with Crippen LogP contribution in [0.4, 0.5) is 0 Å². The van der Waals surface area contributed by atoms with Crippen molar-refractivity contribution in [3.05, 3.63) is 50.7 Å². The zero-order valence-electron chi connectivity index (χ0n) is 16.6. The van der Waals surface area contributed by atoms with Crippen LogP contribution in [0.25, 0.3) is 21.4 Å². The third-order valence-corrected chi connectivity index (χ3v) is 6.03. The second kappa shape index (κ2) is 8.73. The number of fused-ring (bicyclic) bond motifs is 1. The van der Waals surface area contributed by atoms with Crippen LogP contribution in [0.1, 0.15) is 24.6 Å². The van der Waals surface area contributed by atoms with Crippen LogP contribution >= 0.6 is 22.9 Å². The molecule has 0 radical (unpaired) electrons. The van der Waals surface area contributed by atoms with Crippen molar-refractivity contribution in [1.29, 1.82) is 0 Å². The zero-order chi connectivity index (χ0) is 23.0. The number of ether oxygens (including phenoxy) is 1. The van der Waals surface area contributed by atoms with Crippen molar-refractivity contribution in [2.24, 2.45) is 0 Å². The van der Waals surface area contributed by atoms with Crippen molar-refractivity contribution in [3.8, 4) is 16.2 Å². The van der Waals surface area contributed by atoms with E-state index in [0.717, 1.165) is 0 Å². The van der Waals surface area contributed by atoms with Gasteiger partial charge in [-0.05, 0) is 24.3 Å². The topological polar surface area (TPSA) is 123 Å². The Morgan fingerprint density at radius 3 is 2.75 bits per heavy atom. The number of hydroxylamine groups is 2. The van der Waals surface area contributed by atoms with E-state index in [1.807, 2.05) is 0 Å². The number of benzene rings is 1. The molecule has 32 heavy (non-hydrogen) atoms. The lowest BCUT2D eigenvalue weighted by Crippen LogP contribution is -2.35. The summed E-state index contributed by atoms with van der Waals surface area (Å²) < 4.78 is 10.4. The van der Waals surface area contributed by atoms with Gasteiger partial charge in [-0.2, -0.15) is 0 Å². The Labute approximate surface area is 189 Å². The lowest BCUT2D eigenvalue weighted by Gasteiger charge is -2.18. The first-order chi connectivity index (χ1) is 15.2. The van der Waals surface area contributed by atoms with E-state index in [1.54, 1.807) is 18.2 Å². The Morgan fingerprint density at radius 1 is 1.28 bits per heavy atom. The highest BCUT2D eigenvalue weighted by atomic mass is 35.5. The quantitative estimate of drug-likeness (QED) is 0.338. The van der Waals surface area contributed by atoms with Crippen molar-refractivity contribution in [1.82, 2.24) is 5.06 Å². The standard InChI is InChI=1S/C21H16ClNO8S/c1-10(24)29-16-9-15-11(7-14(16)22)6-13(21(28)30-15)17-3-2-12(32-17)8-20(27)31-23-18(25)4-5-19(23)26/h2-3,6-7,9,18,25H,4-5,8H2,1H3. The average Bonchev–Trinajstić information content (AvgIpc) is 3.30. The van der Waals surface area contributed by atoms with Crippen LogP contribution in [-0.2, 0) is 25.6 Å². The third-order valence-electron chi connectivity index (χ3n) is 4.62. The summed E-state index contributed by atoms with van der Waals surface area (Å²) in [5.41, 5.74) is -0.146. The summed E-state index contributed by atoms with van der Waals surface area (Å²) in [5.74, 6) is -1.63. The molecule has 1 aromatic carbocycles. The van der Waals surface area contributed by atoms with Crippen LogP contribution in [0.2, 0.25) is 5.02 Å². The van der Waals surface area contributed by atoms with E-state index in [4.69, 9.17) is 25.6 Å². The number of hydrogen-bond acceptors (Lipinski definition) is 9. The molecule has 0 bridgehead atoms. The Bertz CT molecular complexity index is 1300. The Balaban J connectivity index is 1.55. The van der Waals surface area contributed by atoms with Gasteiger partial charge in [0, 0.05) is 41.0 Å². The first kappa shape index (κ1) is 22.0. The summed E-state index contributed by atoms with van der Waals surface area (Å²) in [5, 5.41) is 11.1. The van der Waals surface area contributed by atoms with Crippen molar-refractivity contribution in [2.75, 3.05) is 0 Å². The number of aliphatic hydroxyl groups excluding tert-OH is 1. The van der Waals surface area contributed by atoms with Gasteiger partial charge in [-0.15, -0.1) is 16.4 Å². The van der Waals surface area contributed by atoms with Gasteiger partial charge < -0.3 is 19.1 Å². The molecule has 3 aromatic rings. The first-order valence-electron chi connectivity index (χ1n) is 9.47. The predicted molar refractivity (Wildman–Crippen MR) is 114 cm³/mol. The minimum Gasteiger partial charge on any atom is -0.425 e. The van der Waals surface area contributed by atoms with E-state index in [-0.39, 0.29) is 41.2 Å². The van der Waals surface area contributed by atoms with E-state index in [1.165, 1.54) is 30.4 Å². The average molecular weight is 478 g/mol. The smallest absolute Gasteiger partial charge is 0.345 e. The highest BCUT2D eigenvalue weighted by molar-refractivity contribution is 7.15. The normalized spacial score (nSPS) is 15.9. The van der Waals surface area contributed by atoms with Crippen molar-refractivity contribution in [3.63, 3.8) is 0 Å². The Kier molecular flexibility index (Phi) is 6.00. The van der Waals surface area contributed by atoms with Crippen molar-refractivity contribution < 1.29 is 33.5 Å². The molecule has 9 nitrogen and oxygen atoms in total. The molecule has 166 valence electrons. The van der Waals surface area contributed by atoms with Gasteiger partial charge in [-0.25, -0.2) is 9.59 Å². The number of halogens is 1. The van der Waals surface area contributed by atoms with Gasteiger partial charge in [-0.1, -0.05) is 11.6 Å². The fourth-order valence-corrected chi connectivity index (χ4v) is 4.39. The summed E-state index contributed by atoms with van der Waals surface area (Å²) in [6.45, 7) is 1.23. The fraction of sp³-hybridized carbons (Fsp3) is 0.238. The summed E-state index contributed by atoms with van der Waals surface area (Å²) in [7, 11) is 0. The molecule has 1 amide bonds. The minimum atomic E-state index is -1.14. The van der Waals surface area contributed by atoms with Crippen LogP contribution in [0.3, 0.4) is 0 Å². The van der Waals surface area contributed by atoms with Gasteiger partial charge >= 0.3 is 17.6 Å². The molecule has 1 aliphatic rings. The largest absolute Gasteiger partial charge is 0.425 e. The van der Waals surface area contributed by atoms with Crippen LogP contribution in [-0.4, -0.2) is 34.2 Å². The molecule has 3 heterocycles. The maximum Gasteiger partial charge on any atom is 0.345 e. The molecule has 2 aromatic heterocycles. The van der Waals surface area contributed by atoms with Gasteiger partial charge in [-0.3, -0.25) is 9.59 Å². The van der Waals surface area contributed by atoms with E-state index >= 15 is 0 Å². The number of nitrogens with zero attached hydrogens (tertiary/aromatic N) is 1. The minimum absolute atomic E-state index is 0.0843. The summed E-state index contributed by atoms with van der Waals surface area (Å²) in [6.07, 6.45) is -0.959. The maximum atomic E-state index is 12.5. The van der Waals surface area contributed by atoms with Crippen molar-refractivity contribution in [2.45, 2.75) is 32.4 Å². The molecule has 1 unspecified atom stereocenters. The molecule has 0 saturated carbocycles. The summed E-state index contributed by atoms with van der Waals surface area (Å²) in [4.78, 5) is 53.6. The molecule has 11 heteroatoms. The van der Waals surface area contributed by atoms with E-state index in [0.29, 0.717) is 20.2 Å². The monoisotopic (exact) mass is 477 g/mol. The number of aliphatic hydroxyl groups is 1. The molecule has 0 spiro atoms. The first-order valence-corrected chi connectivity index (χ1v) is 10.7. The molecule has 1 fully saturated rings. The molecular formula is C21H16ClNO8S. The lowest BCUT2D eigenvalue weighted by molar-refractivity contribution is -0.220. The summed E-state index contributed by atoms with van der Waals surface area (Å²) >= 11 is 7.33. The molecule has 0 aliphatic carbocycles. The molecule has 1 atom stereocenters. The number of amides is 1. The highest BCUT2D eigenvalue weighted by Crippen LogP contribution is 2.33. The Hall–Kier alpha value is -3.21. The second-order valence-electron chi connectivity index (χ2n) is 7.01. The second-order valence-corrected chi connectivity index (χ2v) is 8.58.